The molecule has 4 heteroatoms. The summed E-state index contributed by atoms with van der Waals surface area (Å²) in [5.41, 5.74) is 0.758. The molecule has 1 aliphatic carbocycles. The van der Waals surface area contributed by atoms with Gasteiger partial charge in [-0.1, -0.05) is 36.0 Å². The molecule has 1 aliphatic rings. The van der Waals surface area contributed by atoms with Crippen molar-refractivity contribution >= 4 is 23.2 Å². The van der Waals surface area contributed by atoms with E-state index in [1.807, 2.05) is 0 Å². The summed E-state index contributed by atoms with van der Waals surface area (Å²) in [5.74, 6) is 1.05. The summed E-state index contributed by atoms with van der Waals surface area (Å²) in [6.07, 6.45) is 3.96. The number of halogens is 2. The molecule has 1 aromatic carbocycles. The average Bonchev–Trinajstić information content (AvgIpc) is 3.03. The third-order valence-corrected chi connectivity index (χ3v) is 3.36. The van der Waals surface area contributed by atoms with Crippen LogP contribution in [0.3, 0.4) is 0 Å². The lowest BCUT2D eigenvalue weighted by Gasteiger charge is -2.08. The first-order valence-electron chi connectivity index (χ1n) is 5.54. The average molecular weight is 260 g/mol. The fourth-order valence-corrected chi connectivity index (χ4v) is 2.23. The fraction of sp³-hybridized carbons (Fsp3) is 0.500. The van der Waals surface area contributed by atoms with Crippen molar-refractivity contribution in [1.29, 1.82) is 0 Å². The van der Waals surface area contributed by atoms with Crippen molar-refractivity contribution in [2.75, 3.05) is 6.54 Å². The maximum Gasteiger partial charge on any atom is 0.138 e. The molecule has 0 aromatic heterocycles. The van der Waals surface area contributed by atoms with Gasteiger partial charge >= 0.3 is 0 Å². The molecule has 88 valence electrons. The predicted molar refractivity (Wildman–Crippen MR) is 67.2 cm³/mol. The van der Waals surface area contributed by atoms with Crippen molar-refractivity contribution in [2.45, 2.75) is 25.8 Å². The lowest BCUT2D eigenvalue weighted by molar-refractivity contribution is 0.464. The van der Waals surface area contributed by atoms with E-state index in [1.54, 1.807) is 12.1 Å². The molecule has 1 saturated carbocycles. The number of hydrogen-bond donors (Lipinski definition) is 2. The van der Waals surface area contributed by atoms with E-state index in [2.05, 4.69) is 5.32 Å². The summed E-state index contributed by atoms with van der Waals surface area (Å²) in [4.78, 5) is 0. The molecule has 1 aromatic rings. The van der Waals surface area contributed by atoms with E-state index >= 15 is 0 Å². The maximum absolute atomic E-state index is 9.71. The Labute approximate surface area is 106 Å². The Kier molecular flexibility index (Phi) is 3.95. The van der Waals surface area contributed by atoms with Crippen molar-refractivity contribution in [1.82, 2.24) is 5.32 Å². The minimum absolute atomic E-state index is 0.130. The van der Waals surface area contributed by atoms with Crippen LogP contribution in [0.2, 0.25) is 10.0 Å². The van der Waals surface area contributed by atoms with Crippen molar-refractivity contribution < 1.29 is 5.11 Å². The molecular weight excluding hydrogens is 245 g/mol. The van der Waals surface area contributed by atoms with Gasteiger partial charge in [-0.2, -0.15) is 0 Å². The van der Waals surface area contributed by atoms with Crippen LogP contribution >= 0.6 is 23.2 Å². The summed E-state index contributed by atoms with van der Waals surface area (Å²) in [7, 11) is 0. The minimum Gasteiger partial charge on any atom is -0.506 e. The monoisotopic (exact) mass is 259 g/mol. The topological polar surface area (TPSA) is 32.3 Å². The van der Waals surface area contributed by atoms with Crippen LogP contribution in [0.1, 0.15) is 24.8 Å². The zero-order valence-electron chi connectivity index (χ0n) is 8.97. The Morgan fingerprint density at radius 1 is 1.31 bits per heavy atom. The van der Waals surface area contributed by atoms with Gasteiger partial charge in [-0.05, 0) is 31.0 Å². The van der Waals surface area contributed by atoms with E-state index < -0.39 is 0 Å². The first kappa shape index (κ1) is 12.0. The molecule has 0 unspecified atom stereocenters. The summed E-state index contributed by atoms with van der Waals surface area (Å²) >= 11 is 11.7. The number of nitrogens with one attached hydrogen (secondary N) is 1. The highest BCUT2D eigenvalue weighted by Crippen LogP contribution is 2.32. The van der Waals surface area contributed by atoms with Crippen molar-refractivity contribution in [3.8, 4) is 5.75 Å². The van der Waals surface area contributed by atoms with Gasteiger partial charge in [0.2, 0.25) is 0 Å². The minimum atomic E-state index is 0.130. The largest absolute Gasteiger partial charge is 0.506 e. The number of benzene rings is 1. The van der Waals surface area contributed by atoms with Crippen LogP contribution in [0, 0.1) is 5.92 Å². The van der Waals surface area contributed by atoms with Gasteiger partial charge < -0.3 is 10.4 Å². The molecule has 0 aliphatic heterocycles. The molecular formula is C12H15Cl2NO. The van der Waals surface area contributed by atoms with E-state index in [0.717, 1.165) is 18.0 Å². The van der Waals surface area contributed by atoms with Crippen LogP contribution in [0.4, 0.5) is 0 Å². The van der Waals surface area contributed by atoms with Gasteiger partial charge in [0.25, 0.3) is 0 Å². The lowest BCUT2D eigenvalue weighted by Crippen LogP contribution is -2.15. The Bertz CT molecular complexity index is 378. The smallest absolute Gasteiger partial charge is 0.138 e. The summed E-state index contributed by atoms with van der Waals surface area (Å²) in [6.45, 7) is 1.59. The molecule has 2 rings (SSSR count). The van der Waals surface area contributed by atoms with Gasteiger partial charge in [0.15, 0.2) is 0 Å². The van der Waals surface area contributed by atoms with E-state index in [4.69, 9.17) is 23.2 Å². The highest BCUT2D eigenvalue weighted by atomic mass is 35.5. The van der Waals surface area contributed by atoms with E-state index in [0.29, 0.717) is 16.6 Å². The first-order chi connectivity index (χ1) is 7.66. The maximum atomic E-state index is 9.71. The van der Waals surface area contributed by atoms with Gasteiger partial charge in [0.1, 0.15) is 5.75 Å². The normalized spacial score (nSPS) is 15.4. The van der Waals surface area contributed by atoms with Gasteiger partial charge in [0, 0.05) is 17.1 Å². The molecule has 2 nitrogen and oxygen atoms in total. The molecule has 0 amide bonds. The Hall–Kier alpha value is -0.440. The van der Waals surface area contributed by atoms with Gasteiger partial charge in [-0.15, -0.1) is 0 Å². The fourth-order valence-electron chi connectivity index (χ4n) is 1.69. The molecule has 0 saturated heterocycles. The van der Waals surface area contributed by atoms with E-state index in [1.165, 1.54) is 19.3 Å². The molecule has 0 heterocycles. The third-order valence-electron chi connectivity index (χ3n) is 2.85. The molecule has 16 heavy (non-hydrogen) atoms. The molecule has 0 spiro atoms. The standard InChI is InChI=1S/C12H15Cl2NO/c13-10-5-9(12(16)11(14)6-10)7-15-4-3-8-1-2-8/h5-6,8,15-16H,1-4,7H2. The summed E-state index contributed by atoms with van der Waals surface area (Å²) < 4.78 is 0. The second kappa shape index (κ2) is 5.26. The van der Waals surface area contributed by atoms with Crippen LogP contribution < -0.4 is 5.32 Å². The Morgan fingerprint density at radius 2 is 2.06 bits per heavy atom. The second-order valence-corrected chi connectivity index (χ2v) is 5.15. The van der Waals surface area contributed by atoms with Crippen LogP contribution in [0.25, 0.3) is 0 Å². The van der Waals surface area contributed by atoms with Crippen molar-refractivity contribution in [3.05, 3.63) is 27.7 Å². The summed E-state index contributed by atoms with van der Waals surface area (Å²) in [6, 6.07) is 3.29. The Balaban J connectivity index is 1.86. The molecule has 0 bridgehead atoms. The van der Waals surface area contributed by atoms with Gasteiger partial charge in [-0.25, -0.2) is 0 Å². The molecule has 1 fully saturated rings. The number of rotatable bonds is 5. The highest BCUT2D eigenvalue weighted by molar-refractivity contribution is 6.35. The molecule has 0 radical (unpaired) electrons. The van der Waals surface area contributed by atoms with Crippen molar-refractivity contribution in [3.63, 3.8) is 0 Å². The van der Waals surface area contributed by atoms with E-state index in [9.17, 15) is 5.11 Å². The molecule has 2 N–H and O–H groups in total. The van der Waals surface area contributed by atoms with Crippen molar-refractivity contribution in [2.24, 2.45) is 5.92 Å². The second-order valence-electron chi connectivity index (χ2n) is 4.30. The quantitative estimate of drug-likeness (QED) is 0.793. The summed E-state index contributed by atoms with van der Waals surface area (Å²) in [5, 5.41) is 13.9. The SMILES string of the molecule is Oc1c(Cl)cc(Cl)cc1CNCCC1CC1. The van der Waals surface area contributed by atoms with E-state index in [-0.39, 0.29) is 5.75 Å². The number of hydrogen-bond acceptors (Lipinski definition) is 2. The molecule has 0 atom stereocenters. The van der Waals surface area contributed by atoms with Gasteiger partial charge in [0.05, 0.1) is 5.02 Å². The van der Waals surface area contributed by atoms with Crippen LogP contribution in [0.15, 0.2) is 12.1 Å². The van der Waals surface area contributed by atoms with Crippen LogP contribution in [-0.2, 0) is 6.54 Å². The zero-order chi connectivity index (χ0) is 11.5. The third kappa shape index (κ3) is 3.27. The van der Waals surface area contributed by atoms with Crippen LogP contribution in [-0.4, -0.2) is 11.7 Å². The lowest BCUT2D eigenvalue weighted by atomic mass is 10.2. The highest BCUT2D eigenvalue weighted by Gasteiger charge is 2.20. The predicted octanol–water partition coefficient (Wildman–Crippen LogP) is 3.59. The Morgan fingerprint density at radius 3 is 2.75 bits per heavy atom. The zero-order valence-corrected chi connectivity index (χ0v) is 10.5. The first-order valence-corrected chi connectivity index (χ1v) is 6.30. The van der Waals surface area contributed by atoms with Gasteiger partial charge in [-0.3, -0.25) is 0 Å². The number of phenolic OH excluding ortho intramolecular Hbond substituents is 1. The number of phenols is 1. The number of aromatic hydroxyl groups is 1. The van der Waals surface area contributed by atoms with Crippen LogP contribution in [0.5, 0.6) is 5.75 Å².